The van der Waals surface area contributed by atoms with Crippen LogP contribution in [-0.4, -0.2) is 54.9 Å². The molecule has 0 unspecified atom stereocenters. The molecule has 3 heterocycles. The number of piperidine rings is 1. The molecule has 3 aliphatic heterocycles. The minimum absolute atomic E-state index is 0.0716. The van der Waals surface area contributed by atoms with E-state index in [4.69, 9.17) is 18.9 Å². The summed E-state index contributed by atoms with van der Waals surface area (Å²) in [5, 5.41) is 3.98. The van der Waals surface area contributed by atoms with E-state index < -0.39 is 0 Å². The van der Waals surface area contributed by atoms with Crippen molar-refractivity contribution in [2.75, 3.05) is 26.4 Å². The lowest BCUT2D eigenvalue weighted by molar-refractivity contribution is -0.200. The van der Waals surface area contributed by atoms with Crippen molar-refractivity contribution in [3.05, 3.63) is 0 Å². The monoisotopic (exact) mass is 351 g/mol. The molecule has 1 N–H and O–H groups in total. The SMILES string of the molecule is O=C1CC2(CCC3(CC2)OCCO3)NC2(CCC3(CC2)OCCO3)C1. The van der Waals surface area contributed by atoms with Crippen LogP contribution in [0, 0.1) is 0 Å². The highest BCUT2D eigenvalue weighted by Crippen LogP contribution is 2.49. The van der Waals surface area contributed by atoms with Gasteiger partial charge in [-0.25, -0.2) is 0 Å². The molecule has 5 rings (SSSR count). The average Bonchev–Trinajstić information content (AvgIpc) is 3.25. The average molecular weight is 351 g/mol. The molecule has 5 aliphatic rings. The van der Waals surface area contributed by atoms with Gasteiger partial charge in [-0.1, -0.05) is 0 Å². The van der Waals surface area contributed by atoms with Crippen LogP contribution in [0.4, 0.5) is 0 Å². The van der Waals surface area contributed by atoms with E-state index in [0.29, 0.717) is 45.1 Å². The molecule has 2 aliphatic carbocycles. The van der Waals surface area contributed by atoms with Gasteiger partial charge in [0.1, 0.15) is 5.78 Å². The quantitative estimate of drug-likeness (QED) is 0.721. The lowest BCUT2D eigenvalue weighted by Crippen LogP contribution is -2.67. The first kappa shape index (κ1) is 16.6. The maximum Gasteiger partial charge on any atom is 0.168 e. The van der Waals surface area contributed by atoms with Crippen LogP contribution in [0.3, 0.4) is 0 Å². The largest absolute Gasteiger partial charge is 0.348 e. The Kier molecular flexibility index (Phi) is 3.81. The number of ether oxygens (including phenoxy) is 4. The third kappa shape index (κ3) is 2.86. The predicted octanol–water partition coefficient (Wildman–Crippen LogP) is 2.05. The Morgan fingerprint density at radius 1 is 0.600 bits per heavy atom. The summed E-state index contributed by atoms with van der Waals surface area (Å²) >= 11 is 0. The second-order valence-electron chi connectivity index (χ2n) is 8.79. The zero-order chi connectivity index (χ0) is 17.0. The van der Waals surface area contributed by atoms with E-state index >= 15 is 0 Å². The number of carbonyl (C=O) groups is 1. The van der Waals surface area contributed by atoms with Gasteiger partial charge in [-0.2, -0.15) is 0 Å². The molecule has 2 saturated carbocycles. The van der Waals surface area contributed by atoms with Gasteiger partial charge in [-0.05, 0) is 25.7 Å². The molecule has 6 heteroatoms. The fraction of sp³-hybridized carbons (Fsp3) is 0.947. The van der Waals surface area contributed by atoms with Crippen LogP contribution in [0.1, 0.15) is 64.2 Å². The molecule has 0 radical (unpaired) electrons. The first-order valence-electron chi connectivity index (χ1n) is 9.92. The topological polar surface area (TPSA) is 66.0 Å². The maximum absolute atomic E-state index is 12.7. The van der Waals surface area contributed by atoms with Crippen LogP contribution < -0.4 is 5.32 Å². The van der Waals surface area contributed by atoms with Crippen molar-refractivity contribution in [1.82, 2.24) is 5.32 Å². The number of Topliss-reactive ketones (excluding diaryl/α,β-unsaturated/α-hetero) is 1. The lowest BCUT2D eigenvalue weighted by Gasteiger charge is -2.55. The van der Waals surface area contributed by atoms with Gasteiger partial charge in [-0.15, -0.1) is 0 Å². The van der Waals surface area contributed by atoms with Gasteiger partial charge < -0.3 is 24.3 Å². The van der Waals surface area contributed by atoms with Gasteiger partial charge in [0.05, 0.1) is 26.4 Å². The highest BCUT2D eigenvalue weighted by Gasteiger charge is 2.55. The minimum atomic E-state index is -0.372. The van der Waals surface area contributed by atoms with Crippen LogP contribution in [0.5, 0.6) is 0 Å². The number of carbonyl (C=O) groups excluding carboxylic acids is 1. The first-order valence-corrected chi connectivity index (χ1v) is 9.92. The van der Waals surface area contributed by atoms with Crippen LogP contribution >= 0.6 is 0 Å². The Hall–Kier alpha value is -0.530. The third-order valence-electron chi connectivity index (χ3n) is 7.17. The third-order valence-corrected chi connectivity index (χ3v) is 7.17. The van der Waals surface area contributed by atoms with Gasteiger partial charge in [0, 0.05) is 49.6 Å². The molecule has 140 valence electrons. The van der Waals surface area contributed by atoms with Crippen molar-refractivity contribution in [3.63, 3.8) is 0 Å². The summed E-state index contributed by atoms with van der Waals surface area (Å²) in [7, 11) is 0. The molecule has 0 aromatic carbocycles. The Morgan fingerprint density at radius 2 is 0.960 bits per heavy atom. The Bertz CT molecular complexity index is 484. The van der Waals surface area contributed by atoms with Gasteiger partial charge in [0.25, 0.3) is 0 Å². The van der Waals surface area contributed by atoms with E-state index in [1.54, 1.807) is 0 Å². The molecule has 0 aromatic rings. The Balaban J connectivity index is 1.30. The Labute approximate surface area is 148 Å². The van der Waals surface area contributed by atoms with E-state index in [0.717, 1.165) is 51.4 Å². The summed E-state index contributed by atoms with van der Waals surface area (Å²) in [6.45, 7) is 2.80. The highest BCUT2D eigenvalue weighted by molar-refractivity contribution is 5.82. The lowest BCUT2D eigenvalue weighted by atomic mass is 9.65. The first-order chi connectivity index (χ1) is 12.1. The van der Waals surface area contributed by atoms with Gasteiger partial charge in [0.2, 0.25) is 0 Å². The van der Waals surface area contributed by atoms with Crippen molar-refractivity contribution < 1.29 is 23.7 Å². The second-order valence-corrected chi connectivity index (χ2v) is 8.79. The van der Waals surface area contributed by atoms with Crippen molar-refractivity contribution in [3.8, 4) is 0 Å². The van der Waals surface area contributed by atoms with Crippen molar-refractivity contribution in [2.24, 2.45) is 0 Å². The predicted molar refractivity (Wildman–Crippen MR) is 89.0 cm³/mol. The maximum atomic E-state index is 12.7. The molecule has 25 heavy (non-hydrogen) atoms. The summed E-state index contributed by atoms with van der Waals surface area (Å²) in [5.74, 6) is -0.335. The summed E-state index contributed by atoms with van der Waals surface area (Å²) < 4.78 is 23.5. The van der Waals surface area contributed by atoms with E-state index in [1.807, 2.05) is 0 Å². The van der Waals surface area contributed by atoms with Gasteiger partial charge in [0.15, 0.2) is 11.6 Å². The van der Waals surface area contributed by atoms with E-state index in [-0.39, 0.29) is 22.7 Å². The number of hydrogen-bond donors (Lipinski definition) is 1. The molecular formula is C19H29NO5. The fourth-order valence-corrected chi connectivity index (χ4v) is 5.86. The summed E-state index contributed by atoms with van der Waals surface area (Å²) in [4.78, 5) is 12.7. The van der Waals surface area contributed by atoms with E-state index in [2.05, 4.69) is 5.32 Å². The standard InChI is InChI=1S/C19H29NO5/c21-15-13-16(1-5-18(6-2-16)22-9-10-23-18)20-17(14-15)3-7-19(8-4-17)24-11-12-25-19/h20H,1-14H2. The summed E-state index contributed by atoms with van der Waals surface area (Å²) in [6, 6.07) is 0. The molecule has 0 bridgehead atoms. The molecular weight excluding hydrogens is 322 g/mol. The summed E-state index contributed by atoms with van der Waals surface area (Å²) in [6.07, 6.45) is 8.69. The highest BCUT2D eigenvalue weighted by atomic mass is 16.7. The van der Waals surface area contributed by atoms with Crippen molar-refractivity contribution in [1.29, 1.82) is 0 Å². The molecule has 0 atom stereocenters. The van der Waals surface area contributed by atoms with Crippen LogP contribution in [0.15, 0.2) is 0 Å². The second kappa shape index (κ2) is 5.73. The summed E-state index contributed by atoms with van der Waals surface area (Å²) in [5.41, 5.74) is -0.143. The molecule has 4 spiro atoms. The smallest absolute Gasteiger partial charge is 0.168 e. The van der Waals surface area contributed by atoms with Gasteiger partial charge in [-0.3, -0.25) is 4.79 Å². The number of ketones is 1. The van der Waals surface area contributed by atoms with Crippen molar-refractivity contribution >= 4 is 5.78 Å². The minimum Gasteiger partial charge on any atom is -0.348 e. The molecule has 3 saturated heterocycles. The fourth-order valence-electron chi connectivity index (χ4n) is 5.86. The Morgan fingerprint density at radius 3 is 1.32 bits per heavy atom. The van der Waals surface area contributed by atoms with E-state index in [9.17, 15) is 4.79 Å². The normalized spacial score (nSPS) is 39.0. The van der Waals surface area contributed by atoms with Crippen LogP contribution in [-0.2, 0) is 23.7 Å². The number of rotatable bonds is 0. The molecule has 6 nitrogen and oxygen atoms in total. The van der Waals surface area contributed by atoms with Crippen molar-refractivity contribution in [2.45, 2.75) is 86.9 Å². The number of nitrogens with one attached hydrogen (secondary N) is 1. The number of hydrogen-bond acceptors (Lipinski definition) is 6. The van der Waals surface area contributed by atoms with Crippen LogP contribution in [0.2, 0.25) is 0 Å². The van der Waals surface area contributed by atoms with Crippen LogP contribution in [0.25, 0.3) is 0 Å². The molecule has 5 fully saturated rings. The zero-order valence-corrected chi connectivity index (χ0v) is 14.9. The zero-order valence-electron chi connectivity index (χ0n) is 14.9. The van der Waals surface area contributed by atoms with Gasteiger partial charge >= 0.3 is 0 Å². The molecule has 0 amide bonds. The van der Waals surface area contributed by atoms with E-state index in [1.165, 1.54) is 0 Å². The molecule has 0 aromatic heterocycles.